The van der Waals surface area contributed by atoms with Crippen molar-refractivity contribution >= 4 is 17.4 Å². The molecule has 2 aromatic carbocycles. The highest BCUT2D eigenvalue weighted by Crippen LogP contribution is 2.47. The third-order valence-electron chi connectivity index (χ3n) is 6.09. The predicted molar refractivity (Wildman–Crippen MR) is 116 cm³/mol. The van der Waals surface area contributed by atoms with Crippen LogP contribution in [0.25, 0.3) is 0 Å². The van der Waals surface area contributed by atoms with Gasteiger partial charge in [-0.15, -0.1) is 0 Å². The van der Waals surface area contributed by atoms with E-state index < -0.39 is 0 Å². The molecule has 1 amide bonds. The first-order valence-corrected chi connectivity index (χ1v) is 10.5. The quantitative estimate of drug-likeness (QED) is 0.717. The van der Waals surface area contributed by atoms with Gasteiger partial charge in [0.25, 0.3) is 0 Å². The molecule has 0 saturated carbocycles. The molecule has 1 atom stereocenters. The number of nitrogens with zero attached hydrogens (tertiary/aromatic N) is 1. The Hall–Kier alpha value is -3.08. The summed E-state index contributed by atoms with van der Waals surface area (Å²) in [5.74, 6) is 0.988. The number of benzene rings is 2. The fourth-order valence-corrected chi connectivity index (χ4v) is 4.63. The van der Waals surface area contributed by atoms with Crippen LogP contribution in [0, 0.1) is 0 Å². The molecule has 0 saturated heterocycles. The Balaban J connectivity index is 1.86. The van der Waals surface area contributed by atoms with Crippen LogP contribution in [-0.2, 0) is 16.0 Å². The van der Waals surface area contributed by atoms with Gasteiger partial charge < -0.3 is 9.47 Å². The average Bonchev–Trinajstić information content (AvgIpc) is 2.78. The summed E-state index contributed by atoms with van der Waals surface area (Å²) in [6, 6.07) is 13.7. The normalized spacial score (nSPS) is 19.0. The highest BCUT2D eigenvalue weighted by atomic mass is 16.5. The van der Waals surface area contributed by atoms with Gasteiger partial charge in [-0.25, -0.2) is 0 Å². The number of hydrogen-bond acceptors (Lipinski definition) is 4. The number of allylic oxidation sites excluding steroid dienone is 2. The van der Waals surface area contributed by atoms with Crippen LogP contribution in [-0.4, -0.2) is 25.9 Å². The number of para-hydroxylation sites is 1. The fraction of sp³-hybridized carbons (Fsp3) is 0.360. The maximum absolute atomic E-state index is 13.4. The fourth-order valence-electron chi connectivity index (χ4n) is 4.63. The number of methoxy groups -OCH3 is 2. The zero-order valence-corrected chi connectivity index (χ0v) is 17.7. The Morgan fingerprint density at radius 2 is 1.77 bits per heavy atom. The van der Waals surface area contributed by atoms with Gasteiger partial charge >= 0.3 is 0 Å². The predicted octanol–water partition coefficient (Wildman–Crippen LogP) is 4.79. The molecule has 0 unspecified atom stereocenters. The summed E-state index contributed by atoms with van der Waals surface area (Å²) >= 11 is 0. The first-order valence-electron chi connectivity index (χ1n) is 10.5. The summed E-state index contributed by atoms with van der Waals surface area (Å²) in [7, 11) is 3.18. The number of amides is 1. The third kappa shape index (κ3) is 3.38. The Labute approximate surface area is 177 Å². The molecule has 1 aliphatic carbocycles. The van der Waals surface area contributed by atoms with Gasteiger partial charge in [0.15, 0.2) is 17.3 Å². The lowest BCUT2D eigenvalue weighted by atomic mass is 9.76. The van der Waals surface area contributed by atoms with Crippen molar-refractivity contribution in [3.05, 3.63) is 64.9 Å². The van der Waals surface area contributed by atoms with Crippen molar-refractivity contribution in [1.29, 1.82) is 0 Å². The standard InChI is InChI=1S/C25H27NO4/c1-4-16-11-13-17(14-12-16)26-20-8-6-9-21(27)24(20)19(15-23(26)28)18-7-5-10-22(29-2)25(18)30-3/h5,7,10-14,19H,4,6,8-9,15H2,1-3H3/t19-/m1/s1. The van der Waals surface area contributed by atoms with E-state index in [1.807, 2.05) is 42.5 Å². The van der Waals surface area contributed by atoms with E-state index in [-0.39, 0.29) is 24.0 Å². The van der Waals surface area contributed by atoms with Gasteiger partial charge in [0.1, 0.15) is 0 Å². The van der Waals surface area contributed by atoms with E-state index in [4.69, 9.17) is 9.47 Å². The van der Waals surface area contributed by atoms with E-state index in [0.717, 1.165) is 35.4 Å². The summed E-state index contributed by atoms with van der Waals surface area (Å²) in [6.07, 6.45) is 3.15. The highest BCUT2D eigenvalue weighted by molar-refractivity contribution is 6.07. The van der Waals surface area contributed by atoms with E-state index in [0.29, 0.717) is 24.3 Å². The van der Waals surface area contributed by atoms with Crippen LogP contribution in [0.1, 0.15) is 49.7 Å². The maximum Gasteiger partial charge on any atom is 0.232 e. The van der Waals surface area contributed by atoms with Gasteiger partial charge in [-0.3, -0.25) is 14.5 Å². The van der Waals surface area contributed by atoms with Gasteiger partial charge in [0, 0.05) is 41.3 Å². The number of hydrogen-bond donors (Lipinski definition) is 0. The van der Waals surface area contributed by atoms with Gasteiger partial charge in [0.05, 0.1) is 14.2 Å². The third-order valence-corrected chi connectivity index (χ3v) is 6.09. The first kappa shape index (κ1) is 20.2. The lowest BCUT2D eigenvalue weighted by Crippen LogP contribution is -2.40. The van der Waals surface area contributed by atoms with Gasteiger partial charge in [-0.1, -0.05) is 31.2 Å². The number of rotatable bonds is 5. The van der Waals surface area contributed by atoms with Gasteiger partial charge in [0.2, 0.25) is 5.91 Å². The van der Waals surface area contributed by atoms with Crippen LogP contribution in [0.3, 0.4) is 0 Å². The molecule has 4 rings (SSSR count). The van der Waals surface area contributed by atoms with Crippen LogP contribution in [0.4, 0.5) is 5.69 Å². The molecule has 156 valence electrons. The largest absolute Gasteiger partial charge is 0.493 e. The van der Waals surface area contributed by atoms with Crippen LogP contribution in [0.15, 0.2) is 53.7 Å². The monoisotopic (exact) mass is 405 g/mol. The van der Waals surface area contributed by atoms with Crippen LogP contribution in [0.2, 0.25) is 0 Å². The summed E-state index contributed by atoms with van der Waals surface area (Å²) in [5.41, 5.74) is 4.45. The SMILES string of the molecule is CCc1ccc(N2C(=O)C[C@H](c3cccc(OC)c3OC)C3=C2CCCC3=O)cc1. The molecule has 0 bridgehead atoms. The van der Waals surface area contributed by atoms with E-state index in [1.54, 1.807) is 19.1 Å². The second-order valence-electron chi connectivity index (χ2n) is 7.73. The summed E-state index contributed by atoms with van der Waals surface area (Å²) in [6.45, 7) is 2.10. The molecule has 5 heteroatoms. The van der Waals surface area contributed by atoms with Crippen LogP contribution < -0.4 is 14.4 Å². The molecule has 1 aliphatic heterocycles. The molecule has 2 aliphatic rings. The topological polar surface area (TPSA) is 55.8 Å². The average molecular weight is 405 g/mol. The summed E-state index contributed by atoms with van der Waals surface area (Å²) in [5, 5.41) is 0. The summed E-state index contributed by atoms with van der Waals surface area (Å²) in [4.78, 5) is 28.2. The van der Waals surface area contributed by atoms with Crippen molar-refractivity contribution in [3.63, 3.8) is 0 Å². The molecule has 1 heterocycles. The zero-order chi connectivity index (χ0) is 21.3. The molecule has 5 nitrogen and oxygen atoms in total. The van der Waals surface area contributed by atoms with Crippen molar-refractivity contribution in [2.24, 2.45) is 0 Å². The van der Waals surface area contributed by atoms with Gasteiger partial charge in [-0.2, -0.15) is 0 Å². The Kier molecular flexibility index (Phi) is 5.62. The van der Waals surface area contributed by atoms with E-state index in [9.17, 15) is 9.59 Å². The molecule has 0 fully saturated rings. The number of anilines is 1. The van der Waals surface area contributed by atoms with E-state index >= 15 is 0 Å². The number of ether oxygens (including phenoxy) is 2. The van der Waals surface area contributed by atoms with Crippen LogP contribution in [0.5, 0.6) is 11.5 Å². The first-order chi connectivity index (χ1) is 14.6. The second kappa shape index (κ2) is 8.34. The van der Waals surface area contributed by atoms with Crippen molar-refractivity contribution in [3.8, 4) is 11.5 Å². The number of carbonyl (C=O) groups is 2. The number of Topliss-reactive ketones (excluding diaryl/α,β-unsaturated/α-hetero) is 1. The molecule has 0 N–H and O–H groups in total. The Morgan fingerprint density at radius 3 is 2.43 bits per heavy atom. The molecule has 2 aromatic rings. The molecular formula is C25H27NO4. The maximum atomic E-state index is 13.4. The van der Waals surface area contributed by atoms with E-state index in [2.05, 4.69) is 6.92 Å². The zero-order valence-electron chi connectivity index (χ0n) is 17.7. The van der Waals surface area contributed by atoms with Crippen molar-refractivity contribution in [1.82, 2.24) is 0 Å². The second-order valence-corrected chi connectivity index (χ2v) is 7.73. The van der Waals surface area contributed by atoms with Crippen molar-refractivity contribution < 1.29 is 19.1 Å². The highest BCUT2D eigenvalue weighted by Gasteiger charge is 2.41. The molecular weight excluding hydrogens is 378 g/mol. The minimum absolute atomic E-state index is 0.00238. The smallest absolute Gasteiger partial charge is 0.232 e. The molecule has 30 heavy (non-hydrogen) atoms. The molecule has 0 spiro atoms. The van der Waals surface area contributed by atoms with Crippen molar-refractivity contribution in [2.45, 2.75) is 44.9 Å². The molecule has 0 aromatic heterocycles. The molecule has 0 radical (unpaired) electrons. The van der Waals surface area contributed by atoms with Gasteiger partial charge in [-0.05, 0) is 43.0 Å². The number of ketones is 1. The number of aryl methyl sites for hydroxylation is 1. The summed E-state index contributed by atoms with van der Waals surface area (Å²) < 4.78 is 11.1. The minimum Gasteiger partial charge on any atom is -0.493 e. The Morgan fingerprint density at radius 1 is 1.00 bits per heavy atom. The van der Waals surface area contributed by atoms with E-state index in [1.165, 1.54) is 5.56 Å². The number of carbonyl (C=O) groups excluding carboxylic acids is 2. The minimum atomic E-state index is -0.323. The Bertz CT molecular complexity index is 1010. The lowest BCUT2D eigenvalue weighted by molar-refractivity contribution is -0.119. The van der Waals surface area contributed by atoms with Crippen molar-refractivity contribution in [2.75, 3.05) is 19.1 Å². The lowest BCUT2D eigenvalue weighted by Gasteiger charge is -2.38. The van der Waals surface area contributed by atoms with Crippen LogP contribution >= 0.6 is 0 Å².